The van der Waals surface area contributed by atoms with Gasteiger partial charge < -0.3 is 33.7 Å². The van der Waals surface area contributed by atoms with Crippen LogP contribution in [0.2, 0.25) is 0 Å². The lowest BCUT2D eigenvalue weighted by molar-refractivity contribution is 0.0694. The van der Waals surface area contributed by atoms with Crippen molar-refractivity contribution >= 4 is 35.1 Å². The molecule has 1 saturated heterocycles. The van der Waals surface area contributed by atoms with Crippen molar-refractivity contribution in [3.8, 4) is 5.75 Å². The number of fused-ring (bicyclic) bond motifs is 1. The summed E-state index contributed by atoms with van der Waals surface area (Å²) >= 11 is 0. The Morgan fingerprint density at radius 2 is 1.73 bits per heavy atom. The van der Waals surface area contributed by atoms with E-state index in [2.05, 4.69) is 4.98 Å². The van der Waals surface area contributed by atoms with Crippen LogP contribution in [0.4, 0.5) is 15.4 Å². The summed E-state index contributed by atoms with van der Waals surface area (Å²) in [6.45, 7) is 7.32. The zero-order chi connectivity index (χ0) is 24.1. The molecule has 1 N–H and O–H groups in total. The Morgan fingerprint density at radius 1 is 1.06 bits per heavy atom. The Hall–Kier alpha value is -3.83. The molecule has 1 aliphatic heterocycles. The number of carboxylic acids is 1. The first-order valence-electron chi connectivity index (χ1n) is 10.6. The van der Waals surface area contributed by atoms with Crippen LogP contribution in [-0.2, 0) is 16.0 Å². The zero-order valence-electron chi connectivity index (χ0n) is 18.7. The summed E-state index contributed by atoms with van der Waals surface area (Å²) in [6.07, 6.45) is -0.142. The lowest BCUT2D eigenvalue weighted by atomic mass is 10.1. The van der Waals surface area contributed by atoms with Crippen LogP contribution >= 0.6 is 0 Å². The highest BCUT2D eigenvalue weighted by atomic mass is 16.7. The van der Waals surface area contributed by atoms with E-state index in [9.17, 15) is 24.3 Å². The topological polar surface area (TPSA) is 140 Å². The number of pyridine rings is 2. The molecule has 0 aliphatic carbocycles. The van der Waals surface area contributed by atoms with E-state index in [1.165, 1.54) is 12.3 Å². The second-order valence-electron chi connectivity index (χ2n) is 7.10. The number of carbonyl (C=O) groups is 3. The van der Waals surface area contributed by atoms with Crippen molar-refractivity contribution in [1.82, 2.24) is 14.5 Å². The van der Waals surface area contributed by atoms with Gasteiger partial charge in [0.2, 0.25) is 5.43 Å². The summed E-state index contributed by atoms with van der Waals surface area (Å²) in [6, 6.07) is 1.31. The Labute approximate surface area is 189 Å². The minimum absolute atomic E-state index is 0.00459. The highest BCUT2D eigenvalue weighted by molar-refractivity contribution is 5.93. The summed E-state index contributed by atoms with van der Waals surface area (Å²) < 4.78 is 16.8. The van der Waals surface area contributed by atoms with E-state index in [1.54, 1.807) is 30.2 Å². The summed E-state index contributed by atoms with van der Waals surface area (Å²) in [5.74, 6) is -1.12. The number of carboxylic acid groups (broad SMARTS) is 1. The fraction of sp³-hybridized carbons (Fsp3) is 0.476. The molecule has 3 heterocycles. The van der Waals surface area contributed by atoms with Gasteiger partial charge in [0.15, 0.2) is 11.6 Å². The largest absolute Gasteiger partial charge is 0.513 e. The van der Waals surface area contributed by atoms with Crippen LogP contribution in [0.1, 0.15) is 31.1 Å². The van der Waals surface area contributed by atoms with Gasteiger partial charge in [0.25, 0.3) is 0 Å². The van der Waals surface area contributed by atoms with Gasteiger partial charge >= 0.3 is 18.2 Å². The highest BCUT2D eigenvalue weighted by Crippen LogP contribution is 2.31. The number of hydrogen-bond donors (Lipinski definition) is 1. The first kappa shape index (κ1) is 23.8. The number of nitrogens with zero attached hydrogens (tertiary/aromatic N) is 4. The van der Waals surface area contributed by atoms with Gasteiger partial charge in [-0.2, -0.15) is 0 Å². The molecule has 0 aromatic carbocycles. The predicted octanol–water partition coefficient (Wildman–Crippen LogP) is 1.93. The molecule has 12 nitrogen and oxygen atoms in total. The minimum atomic E-state index is -1.36. The van der Waals surface area contributed by atoms with Crippen molar-refractivity contribution < 1.29 is 33.7 Å². The smallest absolute Gasteiger partial charge is 0.477 e. The Kier molecular flexibility index (Phi) is 7.36. The van der Waals surface area contributed by atoms with Crippen molar-refractivity contribution in [3.63, 3.8) is 0 Å². The summed E-state index contributed by atoms with van der Waals surface area (Å²) in [5.41, 5.74) is -0.891. The van der Waals surface area contributed by atoms with E-state index in [0.717, 1.165) is 0 Å². The average Bonchev–Trinajstić information content (AvgIpc) is 2.79. The number of anilines is 1. The van der Waals surface area contributed by atoms with Crippen LogP contribution in [0.15, 0.2) is 17.1 Å². The fourth-order valence-corrected chi connectivity index (χ4v) is 3.53. The predicted molar refractivity (Wildman–Crippen MR) is 117 cm³/mol. The van der Waals surface area contributed by atoms with E-state index >= 15 is 0 Å². The van der Waals surface area contributed by atoms with E-state index in [1.807, 2.05) is 4.90 Å². The van der Waals surface area contributed by atoms with Crippen LogP contribution in [0.5, 0.6) is 5.75 Å². The number of aromatic nitrogens is 2. The SMILES string of the molecule is CCOC(=O)Oc1cc2c(=O)c(C(=O)O)cn(CC)c2nc1N1CCN(C(=O)OCC)CC1. The maximum atomic E-state index is 12.8. The lowest BCUT2D eigenvalue weighted by Crippen LogP contribution is -2.49. The van der Waals surface area contributed by atoms with Crippen molar-refractivity contribution in [2.75, 3.05) is 44.3 Å². The molecule has 0 saturated carbocycles. The summed E-state index contributed by atoms with van der Waals surface area (Å²) in [4.78, 5) is 56.3. The third-order valence-electron chi connectivity index (χ3n) is 5.13. The zero-order valence-corrected chi connectivity index (χ0v) is 18.7. The highest BCUT2D eigenvalue weighted by Gasteiger charge is 2.27. The monoisotopic (exact) mass is 462 g/mol. The maximum absolute atomic E-state index is 12.8. The van der Waals surface area contributed by atoms with Gasteiger partial charge in [-0.25, -0.2) is 19.4 Å². The molecular weight excluding hydrogens is 436 g/mol. The fourth-order valence-electron chi connectivity index (χ4n) is 3.53. The number of hydrogen-bond acceptors (Lipinski definition) is 9. The molecule has 0 bridgehead atoms. The number of ether oxygens (including phenoxy) is 3. The van der Waals surface area contributed by atoms with Crippen LogP contribution in [0.3, 0.4) is 0 Å². The molecule has 1 fully saturated rings. The number of carbonyl (C=O) groups excluding carboxylic acids is 2. The van der Waals surface area contributed by atoms with E-state index in [-0.39, 0.29) is 35.8 Å². The maximum Gasteiger partial charge on any atom is 0.513 e. The second-order valence-corrected chi connectivity index (χ2v) is 7.10. The van der Waals surface area contributed by atoms with E-state index in [4.69, 9.17) is 14.2 Å². The van der Waals surface area contributed by atoms with E-state index < -0.39 is 29.2 Å². The van der Waals surface area contributed by atoms with Gasteiger partial charge in [-0.15, -0.1) is 0 Å². The molecule has 0 unspecified atom stereocenters. The molecule has 0 spiro atoms. The third kappa shape index (κ3) is 4.99. The summed E-state index contributed by atoms with van der Waals surface area (Å²) in [7, 11) is 0. The summed E-state index contributed by atoms with van der Waals surface area (Å²) in [5, 5.41) is 9.41. The number of rotatable bonds is 6. The number of aryl methyl sites for hydroxylation is 1. The molecule has 1 aliphatic rings. The molecule has 33 heavy (non-hydrogen) atoms. The third-order valence-corrected chi connectivity index (χ3v) is 5.13. The molecule has 12 heteroatoms. The second kappa shape index (κ2) is 10.2. The molecule has 2 aromatic heterocycles. The average molecular weight is 462 g/mol. The van der Waals surface area contributed by atoms with Crippen LogP contribution < -0.4 is 15.1 Å². The van der Waals surface area contributed by atoms with Crippen LogP contribution in [0, 0.1) is 0 Å². The molecule has 178 valence electrons. The Balaban J connectivity index is 2.08. The van der Waals surface area contributed by atoms with Crippen molar-refractivity contribution in [2.45, 2.75) is 27.3 Å². The minimum Gasteiger partial charge on any atom is -0.477 e. The quantitative estimate of drug-likeness (QED) is 0.633. The normalized spacial score (nSPS) is 13.7. The van der Waals surface area contributed by atoms with Crippen molar-refractivity contribution in [1.29, 1.82) is 0 Å². The van der Waals surface area contributed by atoms with Crippen molar-refractivity contribution in [3.05, 3.63) is 28.0 Å². The number of amides is 1. The van der Waals surface area contributed by atoms with Gasteiger partial charge in [0, 0.05) is 38.9 Å². The van der Waals surface area contributed by atoms with Gasteiger partial charge in [-0.3, -0.25) is 4.79 Å². The Bertz CT molecular complexity index is 1120. The van der Waals surface area contributed by atoms with Gasteiger partial charge in [0.1, 0.15) is 11.2 Å². The molecule has 1 amide bonds. The van der Waals surface area contributed by atoms with E-state index in [0.29, 0.717) is 32.7 Å². The molecule has 3 rings (SSSR count). The first-order valence-corrected chi connectivity index (χ1v) is 10.6. The van der Waals surface area contributed by atoms with Gasteiger partial charge in [-0.1, -0.05) is 0 Å². The van der Waals surface area contributed by atoms with Crippen LogP contribution in [-0.4, -0.2) is 77.2 Å². The Morgan fingerprint density at radius 3 is 2.30 bits per heavy atom. The van der Waals surface area contributed by atoms with Gasteiger partial charge in [0.05, 0.1) is 18.6 Å². The number of piperazine rings is 1. The first-order chi connectivity index (χ1) is 15.8. The number of aromatic carboxylic acids is 1. The molecule has 0 atom stereocenters. The van der Waals surface area contributed by atoms with Crippen molar-refractivity contribution in [2.24, 2.45) is 0 Å². The van der Waals surface area contributed by atoms with Gasteiger partial charge in [-0.05, 0) is 26.8 Å². The standard InChI is InChI=1S/C21H26N4O8/c1-4-23-12-14(19(27)28)16(26)13-11-15(33-21(30)32-6-3)18(22-17(13)23)24-7-9-25(10-8-24)20(29)31-5-2/h11-12H,4-10H2,1-3H3,(H,27,28). The van der Waals surface area contributed by atoms with Crippen LogP contribution in [0.25, 0.3) is 11.0 Å². The molecule has 2 aromatic rings. The lowest BCUT2D eigenvalue weighted by Gasteiger charge is -2.35. The molecular formula is C21H26N4O8. The molecule has 0 radical (unpaired) electrons.